The highest BCUT2D eigenvalue weighted by Gasteiger charge is 2.21. The molecular formula is C14H26ClN3S. The van der Waals surface area contributed by atoms with Crippen LogP contribution < -0.4 is 5.73 Å². The van der Waals surface area contributed by atoms with Crippen molar-refractivity contribution < 1.29 is 0 Å². The molecule has 1 aliphatic rings. The molecule has 0 radical (unpaired) electrons. The van der Waals surface area contributed by atoms with Crippen LogP contribution in [0.3, 0.4) is 0 Å². The molecule has 0 unspecified atom stereocenters. The summed E-state index contributed by atoms with van der Waals surface area (Å²) in [4.78, 5) is 7.27. The second-order valence-corrected chi connectivity index (χ2v) is 7.21. The standard InChI is InChI=1S/C14H25N3S.ClH/c1-14(2,3)13-16-12(10-18-13)9-17-6-4-11(8-15)5-7-17;/h10-11H,4-9,15H2,1-3H3;1H. The van der Waals surface area contributed by atoms with Gasteiger partial charge in [0.15, 0.2) is 0 Å². The molecule has 0 saturated carbocycles. The van der Waals surface area contributed by atoms with Crippen molar-refractivity contribution in [2.45, 2.75) is 45.6 Å². The third kappa shape index (κ3) is 4.71. The predicted molar refractivity (Wildman–Crippen MR) is 85.1 cm³/mol. The minimum absolute atomic E-state index is 0. The molecule has 1 aromatic heterocycles. The van der Waals surface area contributed by atoms with Gasteiger partial charge in [-0.3, -0.25) is 4.90 Å². The fourth-order valence-electron chi connectivity index (χ4n) is 2.33. The smallest absolute Gasteiger partial charge is 0.0982 e. The third-order valence-electron chi connectivity index (χ3n) is 3.62. The van der Waals surface area contributed by atoms with Crippen LogP contribution in [0.5, 0.6) is 0 Å². The van der Waals surface area contributed by atoms with E-state index in [4.69, 9.17) is 10.7 Å². The van der Waals surface area contributed by atoms with Crippen LogP contribution in [0, 0.1) is 5.92 Å². The summed E-state index contributed by atoms with van der Waals surface area (Å²) in [5.41, 5.74) is 7.13. The van der Waals surface area contributed by atoms with Crippen molar-refractivity contribution in [1.82, 2.24) is 9.88 Å². The van der Waals surface area contributed by atoms with Crippen LogP contribution in [0.2, 0.25) is 0 Å². The molecule has 5 heteroatoms. The second kappa shape index (κ2) is 7.02. The molecule has 0 atom stereocenters. The number of rotatable bonds is 3. The summed E-state index contributed by atoms with van der Waals surface area (Å²) < 4.78 is 0. The van der Waals surface area contributed by atoms with Gasteiger partial charge in [0.2, 0.25) is 0 Å². The van der Waals surface area contributed by atoms with Gasteiger partial charge in [0.25, 0.3) is 0 Å². The first-order valence-corrected chi connectivity index (χ1v) is 7.74. The number of nitrogens with zero attached hydrogens (tertiary/aromatic N) is 2. The monoisotopic (exact) mass is 303 g/mol. The van der Waals surface area contributed by atoms with Gasteiger partial charge in [-0.05, 0) is 38.4 Å². The maximum absolute atomic E-state index is 5.72. The van der Waals surface area contributed by atoms with Crippen molar-refractivity contribution in [2.24, 2.45) is 11.7 Å². The molecule has 3 nitrogen and oxygen atoms in total. The van der Waals surface area contributed by atoms with Crippen LogP contribution in [0.1, 0.15) is 44.3 Å². The molecule has 2 rings (SSSR count). The van der Waals surface area contributed by atoms with Crippen LogP contribution in [-0.2, 0) is 12.0 Å². The molecule has 1 saturated heterocycles. The van der Waals surface area contributed by atoms with E-state index in [1.165, 1.54) is 36.6 Å². The zero-order valence-electron chi connectivity index (χ0n) is 12.2. The summed E-state index contributed by atoms with van der Waals surface area (Å²) in [6, 6.07) is 0. The minimum atomic E-state index is 0. The molecule has 1 aliphatic heterocycles. The highest BCUT2D eigenvalue weighted by molar-refractivity contribution is 7.09. The van der Waals surface area contributed by atoms with Crippen LogP contribution in [0.4, 0.5) is 0 Å². The molecule has 19 heavy (non-hydrogen) atoms. The highest BCUT2D eigenvalue weighted by Crippen LogP contribution is 2.26. The summed E-state index contributed by atoms with van der Waals surface area (Å²) >= 11 is 1.79. The van der Waals surface area contributed by atoms with Crippen molar-refractivity contribution in [1.29, 1.82) is 0 Å². The zero-order valence-corrected chi connectivity index (χ0v) is 13.8. The Hall–Kier alpha value is -0.160. The summed E-state index contributed by atoms with van der Waals surface area (Å²) in [6.07, 6.45) is 2.49. The van der Waals surface area contributed by atoms with Gasteiger partial charge >= 0.3 is 0 Å². The van der Waals surface area contributed by atoms with Gasteiger partial charge in [-0.2, -0.15) is 0 Å². The van der Waals surface area contributed by atoms with E-state index in [0.717, 1.165) is 19.0 Å². The van der Waals surface area contributed by atoms with Crippen LogP contribution in [-0.4, -0.2) is 29.5 Å². The van der Waals surface area contributed by atoms with E-state index in [1.807, 2.05) is 0 Å². The lowest BCUT2D eigenvalue weighted by Gasteiger charge is -2.30. The maximum Gasteiger partial charge on any atom is 0.0982 e. The molecule has 0 aromatic carbocycles. The Balaban J connectivity index is 0.00000180. The fourth-order valence-corrected chi connectivity index (χ4v) is 3.23. The van der Waals surface area contributed by atoms with Crippen molar-refractivity contribution in [2.75, 3.05) is 19.6 Å². The largest absolute Gasteiger partial charge is 0.330 e. The SMILES string of the molecule is CC(C)(C)c1nc(CN2CCC(CN)CC2)cs1.Cl. The maximum atomic E-state index is 5.72. The first-order chi connectivity index (χ1) is 8.49. The van der Waals surface area contributed by atoms with E-state index < -0.39 is 0 Å². The molecule has 1 aromatic rings. The van der Waals surface area contributed by atoms with Crippen LogP contribution >= 0.6 is 23.7 Å². The molecule has 0 spiro atoms. The van der Waals surface area contributed by atoms with Gasteiger partial charge < -0.3 is 5.73 Å². The number of thiazole rings is 1. The minimum Gasteiger partial charge on any atom is -0.330 e. The average molecular weight is 304 g/mol. The molecule has 1 fully saturated rings. The van der Waals surface area contributed by atoms with Gasteiger partial charge in [-0.1, -0.05) is 20.8 Å². The zero-order chi connectivity index (χ0) is 13.2. The third-order valence-corrected chi connectivity index (χ3v) is 4.94. The Morgan fingerprint density at radius 3 is 2.47 bits per heavy atom. The van der Waals surface area contributed by atoms with Gasteiger partial charge in [-0.25, -0.2) is 4.98 Å². The lowest BCUT2D eigenvalue weighted by molar-refractivity contribution is 0.179. The van der Waals surface area contributed by atoms with E-state index in [0.29, 0.717) is 0 Å². The molecule has 0 bridgehead atoms. The van der Waals surface area contributed by atoms with E-state index in [2.05, 4.69) is 31.1 Å². The van der Waals surface area contributed by atoms with Crippen molar-refractivity contribution in [3.63, 3.8) is 0 Å². The first kappa shape index (κ1) is 16.9. The normalized spacial score (nSPS) is 18.3. The van der Waals surface area contributed by atoms with Crippen molar-refractivity contribution in [3.8, 4) is 0 Å². The van der Waals surface area contributed by atoms with E-state index in [1.54, 1.807) is 11.3 Å². The topological polar surface area (TPSA) is 42.2 Å². The van der Waals surface area contributed by atoms with Gasteiger partial charge in [-0.15, -0.1) is 23.7 Å². The lowest BCUT2D eigenvalue weighted by Crippen LogP contribution is -2.35. The average Bonchev–Trinajstić information content (AvgIpc) is 2.78. The number of likely N-dealkylation sites (tertiary alicyclic amines) is 1. The number of hydrogen-bond acceptors (Lipinski definition) is 4. The summed E-state index contributed by atoms with van der Waals surface area (Å²) in [6.45, 7) is 10.9. The number of piperidine rings is 1. The van der Waals surface area contributed by atoms with Gasteiger partial charge in [0.05, 0.1) is 10.7 Å². The first-order valence-electron chi connectivity index (χ1n) is 6.86. The van der Waals surface area contributed by atoms with Gasteiger partial charge in [0.1, 0.15) is 0 Å². The number of hydrogen-bond donors (Lipinski definition) is 1. The van der Waals surface area contributed by atoms with Crippen LogP contribution in [0.25, 0.3) is 0 Å². The lowest BCUT2D eigenvalue weighted by atomic mass is 9.97. The molecule has 0 amide bonds. The molecular weight excluding hydrogens is 278 g/mol. The van der Waals surface area contributed by atoms with Gasteiger partial charge in [0, 0.05) is 17.3 Å². The second-order valence-electron chi connectivity index (χ2n) is 6.35. The molecule has 2 N–H and O–H groups in total. The Kier molecular flexibility index (Phi) is 6.24. The molecule has 110 valence electrons. The van der Waals surface area contributed by atoms with E-state index in [-0.39, 0.29) is 17.8 Å². The fraction of sp³-hybridized carbons (Fsp3) is 0.786. The Labute approximate surface area is 127 Å². The predicted octanol–water partition coefficient (Wildman–Crippen LogP) is 3.03. The highest BCUT2D eigenvalue weighted by atomic mass is 35.5. The number of halogens is 1. The molecule has 0 aliphatic carbocycles. The number of aromatic nitrogens is 1. The summed E-state index contributed by atoms with van der Waals surface area (Å²) in [5, 5.41) is 3.46. The quantitative estimate of drug-likeness (QED) is 0.933. The summed E-state index contributed by atoms with van der Waals surface area (Å²) in [7, 11) is 0. The van der Waals surface area contributed by atoms with E-state index >= 15 is 0 Å². The van der Waals surface area contributed by atoms with Crippen molar-refractivity contribution >= 4 is 23.7 Å². The van der Waals surface area contributed by atoms with E-state index in [9.17, 15) is 0 Å². The van der Waals surface area contributed by atoms with Crippen LogP contribution in [0.15, 0.2) is 5.38 Å². The molecule has 2 heterocycles. The Bertz CT molecular complexity index is 378. The Morgan fingerprint density at radius 1 is 1.37 bits per heavy atom. The number of nitrogens with two attached hydrogens (primary N) is 1. The Morgan fingerprint density at radius 2 is 2.00 bits per heavy atom. The summed E-state index contributed by atoms with van der Waals surface area (Å²) in [5.74, 6) is 0.738. The van der Waals surface area contributed by atoms with Crippen molar-refractivity contribution in [3.05, 3.63) is 16.1 Å².